The Labute approximate surface area is 121 Å². The van der Waals surface area contributed by atoms with Gasteiger partial charge in [0.25, 0.3) is 0 Å². The minimum absolute atomic E-state index is 0.569. The molecule has 0 fully saturated rings. The SMILES string of the molecule is Nc1ccn(CCCSc2ncnc3ccccc23)n1. The highest BCUT2D eigenvalue weighted by molar-refractivity contribution is 7.99. The summed E-state index contributed by atoms with van der Waals surface area (Å²) >= 11 is 1.75. The molecule has 3 rings (SSSR count). The molecule has 20 heavy (non-hydrogen) atoms. The maximum atomic E-state index is 5.58. The number of anilines is 1. The summed E-state index contributed by atoms with van der Waals surface area (Å²) in [7, 11) is 0. The van der Waals surface area contributed by atoms with Crippen LogP contribution in [0.5, 0.6) is 0 Å². The van der Waals surface area contributed by atoms with Crippen molar-refractivity contribution in [2.45, 2.75) is 18.0 Å². The Hall–Kier alpha value is -2.08. The summed E-state index contributed by atoms with van der Waals surface area (Å²) in [4.78, 5) is 8.63. The largest absolute Gasteiger partial charge is 0.382 e. The maximum Gasteiger partial charge on any atom is 0.145 e. The number of fused-ring (bicyclic) bond motifs is 1. The number of nitrogen functional groups attached to an aromatic ring is 1. The minimum Gasteiger partial charge on any atom is -0.382 e. The van der Waals surface area contributed by atoms with Crippen LogP contribution >= 0.6 is 11.8 Å². The lowest BCUT2D eigenvalue weighted by Crippen LogP contribution is -2.00. The van der Waals surface area contributed by atoms with Crippen molar-refractivity contribution < 1.29 is 0 Å². The summed E-state index contributed by atoms with van der Waals surface area (Å²) < 4.78 is 1.87. The molecule has 2 heterocycles. The van der Waals surface area contributed by atoms with Crippen molar-refractivity contribution in [3.05, 3.63) is 42.9 Å². The fraction of sp³-hybridized carbons (Fsp3) is 0.214. The molecule has 0 bridgehead atoms. The Balaban J connectivity index is 1.60. The van der Waals surface area contributed by atoms with E-state index in [4.69, 9.17) is 5.73 Å². The van der Waals surface area contributed by atoms with Gasteiger partial charge in [-0.1, -0.05) is 18.2 Å². The Morgan fingerprint density at radius 2 is 2.05 bits per heavy atom. The van der Waals surface area contributed by atoms with Crippen LogP contribution in [0, 0.1) is 0 Å². The monoisotopic (exact) mass is 285 g/mol. The van der Waals surface area contributed by atoms with Crippen LogP contribution in [0.3, 0.4) is 0 Å². The lowest BCUT2D eigenvalue weighted by atomic mass is 10.2. The zero-order valence-electron chi connectivity index (χ0n) is 10.9. The molecule has 0 aliphatic carbocycles. The number of benzene rings is 1. The van der Waals surface area contributed by atoms with Gasteiger partial charge in [-0.05, 0) is 18.6 Å². The summed E-state index contributed by atoms with van der Waals surface area (Å²) in [5, 5.41) is 6.32. The van der Waals surface area contributed by atoms with Crippen LogP contribution in [0.4, 0.5) is 5.82 Å². The number of rotatable bonds is 5. The van der Waals surface area contributed by atoms with Gasteiger partial charge in [-0.25, -0.2) is 9.97 Å². The molecule has 0 radical (unpaired) electrons. The molecule has 3 aromatic rings. The smallest absolute Gasteiger partial charge is 0.145 e. The predicted molar refractivity (Wildman–Crippen MR) is 81.5 cm³/mol. The molecule has 0 saturated heterocycles. The number of nitrogens with zero attached hydrogens (tertiary/aromatic N) is 4. The van der Waals surface area contributed by atoms with E-state index in [0.717, 1.165) is 34.6 Å². The molecular formula is C14H15N5S. The predicted octanol–water partition coefficient (Wildman–Crippen LogP) is 2.59. The molecule has 0 aliphatic rings. The van der Waals surface area contributed by atoms with E-state index in [1.807, 2.05) is 35.1 Å². The zero-order valence-corrected chi connectivity index (χ0v) is 11.8. The number of aryl methyl sites for hydroxylation is 1. The summed E-state index contributed by atoms with van der Waals surface area (Å²) in [5.74, 6) is 1.56. The highest BCUT2D eigenvalue weighted by atomic mass is 32.2. The third-order valence-corrected chi connectivity index (χ3v) is 4.03. The van der Waals surface area contributed by atoms with E-state index < -0.39 is 0 Å². The first-order chi connectivity index (χ1) is 9.83. The highest BCUT2D eigenvalue weighted by Gasteiger charge is 2.03. The first-order valence-electron chi connectivity index (χ1n) is 6.44. The first kappa shape index (κ1) is 12.9. The highest BCUT2D eigenvalue weighted by Crippen LogP contribution is 2.24. The van der Waals surface area contributed by atoms with Crippen LogP contribution in [0.25, 0.3) is 10.9 Å². The van der Waals surface area contributed by atoms with Gasteiger partial charge in [0.05, 0.1) is 5.52 Å². The summed E-state index contributed by atoms with van der Waals surface area (Å²) in [6.45, 7) is 0.868. The number of nitrogens with two attached hydrogens (primary N) is 1. The summed E-state index contributed by atoms with van der Waals surface area (Å²) in [5.41, 5.74) is 6.57. The van der Waals surface area contributed by atoms with Crippen LogP contribution in [0.15, 0.2) is 47.9 Å². The Morgan fingerprint density at radius 3 is 2.90 bits per heavy atom. The third kappa shape index (κ3) is 2.91. The Bertz CT molecular complexity index is 704. The van der Waals surface area contributed by atoms with E-state index in [1.165, 1.54) is 0 Å². The zero-order chi connectivity index (χ0) is 13.8. The van der Waals surface area contributed by atoms with Crippen molar-refractivity contribution >= 4 is 28.5 Å². The Morgan fingerprint density at radius 1 is 1.15 bits per heavy atom. The van der Waals surface area contributed by atoms with Gasteiger partial charge < -0.3 is 5.73 Å². The van der Waals surface area contributed by atoms with Gasteiger partial charge in [0.1, 0.15) is 17.2 Å². The summed E-state index contributed by atoms with van der Waals surface area (Å²) in [6.07, 6.45) is 4.54. The van der Waals surface area contributed by atoms with Crippen molar-refractivity contribution in [3.63, 3.8) is 0 Å². The van der Waals surface area contributed by atoms with Gasteiger partial charge in [-0.3, -0.25) is 4.68 Å². The van der Waals surface area contributed by atoms with Gasteiger partial charge >= 0.3 is 0 Å². The number of hydrogen-bond donors (Lipinski definition) is 1. The van der Waals surface area contributed by atoms with Gasteiger partial charge in [0.2, 0.25) is 0 Å². The lowest BCUT2D eigenvalue weighted by molar-refractivity contribution is 0.608. The first-order valence-corrected chi connectivity index (χ1v) is 7.43. The van der Waals surface area contributed by atoms with Crippen molar-refractivity contribution in [1.82, 2.24) is 19.7 Å². The second-order valence-electron chi connectivity index (χ2n) is 4.40. The molecule has 0 spiro atoms. The van der Waals surface area contributed by atoms with E-state index in [-0.39, 0.29) is 0 Å². The molecule has 6 heteroatoms. The lowest BCUT2D eigenvalue weighted by Gasteiger charge is -2.04. The van der Waals surface area contributed by atoms with Crippen LogP contribution in [0.2, 0.25) is 0 Å². The maximum absolute atomic E-state index is 5.58. The fourth-order valence-corrected chi connectivity index (χ4v) is 2.91. The quantitative estimate of drug-likeness (QED) is 0.443. The van der Waals surface area contributed by atoms with Crippen molar-refractivity contribution in [2.24, 2.45) is 0 Å². The van der Waals surface area contributed by atoms with Gasteiger partial charge in [0, 0.05) is 23.9 Å². The van der Waals surface area contributed by atoms with Crippen molar-refractivity contribution in [1.29, 1.82) is 0 Å². The van der Waals surface area contributed by atoms with E-state index in [0.29, 0.717) is 5.82 Å². The van der Waals surface area contributed by atoms with E-state index in [1.54, 1.807) is 18.1 Å². The van der Waals surface area contributed by atoms with Crippen LogP contribution in [-0.2, 0) is 6.54 Å². The van der Waals surface area contributed by atoms with E-state index in [2.05, 4.69) is 21.1 Å². The van der Waals surface area contributed by atoms with Crippen molar-refractivity contribution in [3.8, 4) is 0 Å². The molecule has 0 atom stereocenters. The molecule has 1 aromatic carbocycles. The minimum atomic E-state index is 0.569. The molecule has 0 saturated carbocycles. The van der Waals surface area contributed by atoms with Gasteiger partial charge in [-0.2, -0.15) is 5.10 Å². The Kier molecular flexibility index (Phi) is 3.83. The molecule has 0 unspecified atom stereocenters. The second-order valence-corrected chi connectivity index (χ2v) is 5.49. The molecule has 102 valence electrons. The molecule has 5 nitrogen and oxygen atoms in total. The van der Waals surface area contributed by atoms with Gasteiger partial charge in [-0.15, -0.1) is 11.8 Å². The van der Waals surface area contributed by atoms with Gasteiger partial charge in [0.15, 0.2) is 0 Å². The molecule has 0 amide bonds. The molecular weight excluding hydrogens is 270 g/mol. The number of aromatic nitrogens is 4. The fourth-order valence-electron chi connectivity index (χ4n) is 1.99. The van der Waals surface area contributed by atoms with E-state index in [9.17, 15) is 0 Å². The number of thioether (sulfide) groups is 1. The van der Waals surface area contributed by atoms with Crippen LogP contribution < -0.4 is 5.73 Å². The molecule has 0 aliphatic heterocycles. The standard InChI is InChI=1S/C14H15N5S/c15-13-6-8-19(18-13)7-3-9-20-14-11-4-1-2-5-12(11)16-10-17-14/h1-2,4-6,8,10H,3,7,9H2,(H2,15,18). The van der Waals surface area contributed by atoms with E-state index >= 15 is 0 Å². The number of para-hydroxylation sites is 1. The second kappa shape index (κ2) is 5.92. The normalized spacial score (nSPS) is 11.0. The topological polar surface area (TPSA) is 69.6 Å². The third-order valence-electron chi connectivity index (χ3n) is 2.94. The van der Waals surface area contributed by atoms with Crippen LogP contribution in [-0.4, -0.2) is 25.5 Å². The average Bonchev–Trinajstić information content (AvgIpc) is 2.89. The average molecular weight is 285 g/mol. The van der Waals surface area contributed by atoms with Crippen LogP contribution in [0.1, 0.15) is 6.42 Å². The van der Waals surface area contributed by atoms with Crippen molar-refractivity contribution in [2.75, 3.05) is 11.5 Å². The summed E-state index contributed by atoms with van der Waals surface area (Å²) in [6, 6.07) is 9.89. The molecule has 2 aromatic heterocycles. The number of hydrogen-bond acceptors (Lipinski definition) is 5. The molecule has 2 N–H and O–H groups in total.